The van der Waals surface area contributed by atoms with Crippen LogP contribution in [0.5, 0.6) is 0 Å². The molecule has 0 aliphatic heterocycles. The fraction of sp³-hybridized carbons (Fsp3) is 0. The van der Waals surface area contributed by atoms with E-state index in [1.54, 1.807) is 0 Å². The Morgan fingerprint density at radius 1 is 1.55 bits per heavy atom. The largest absolute Gasteiger partial charge is 0.313 e. The van der Waals surface area contributed by atoms with Gasteiger partial charge in [0, 0.05) is 12.3 Å². The number of hydrogen-bond donors (Lipinski definition) is 1. The second-order valence-electron chi connectivity index (χ2n) is 2.04. The van der Waals surface area contributed by atoms with E-state index in [9.17, 15) is 4.79 Å². The van der Waals surface area contributed by atoms with Gasteiger partial charge in [-0.25, -0.2) is 4.98 Å². The van der Waals surface area contributed by atoms with Crippen molar-refractivity contribution in [3.8, 4) is 0 Å². The first kappa shape index (κ1) is 6.03. The van der Waals surface area contributed by atoms with Gasteiger partial charge in [-0.15, -0.1) is 0 Å². The van der Waals surface area contributed by atoms with Crippen molar-refractivity contribution in [2.24, 2.45) is 0 Å². The van der Waals surface area contributed by atoms with E-state index in [1.807, 2.05) is 0 Å². The summed E-state index contributed by atoms with van der Waals surface area (Å²) >= 11 is 0. The Morgan fingerprint density at radius 2 is 2.45 bits per heavy atom. The molecule has 0 aromatic carbocycles. The SMILES string of the molecule is O=c1[nH]cnc2cnc[c]c12. The number of fused-ring (bicyclic) bond motifs is 1. The van der Waals surface area contributed by atoms with Gasteiger partial charge in [0.05, 0.1) is 23.4 Å². The van der Waals surface area contributed by atoms with Crippen molar-refractivity contribution < 1.29 is 0 Å². The first-order valence-electron chi connectivity index (χ1n) is 3.07. The summed E-state index contributed by atoms with van der Waals surface area (Å²) in [5.41, 5.74) is 0.383. The summed E-state index contributed by atoms with van der Waals surface area (Å²) in [4.78, 5) is 21.1. The molecule has 0 amide bonds. The number of nitrogens with zero attached hydrogens (tertiary/aromatic N) is 2. The Morgan fingerprint density at radius 3 is 3.27 bits per heavy atom. The van der Waals surface area contributed by atoms with E-state index in [1.165, 1.54) is 18.7 Å². The number of rotatable bonds is 0. The maximum atomic E-state index is 11.0. The molecule has 0 bridgehead atoms. The topological polar surface area (TPSA) is 58.6 Å². The molecular formula is C7H4N3O. The molecular weight excluding hydrogens is 142 g/mol. The number of pyridine rings is 1. The summed E-state index contributed by atoms with van der Waals surface area (Å²) in [6, 6.07) is 2.70. The van der Waals surface area contributed by atoms with Crippen molar-refractivity contribution >= 4 is 10.9 Å². The zero-order valence-corrected chi connectivity index (χ0v) is 5.53. The van der Waals surface area contributed by atoms with Crippen LogP contribution < -0.4 is 5.56 Å². The lowest BCUT2D eigenvalue weighted by Crippen LogP contribution is -2.05. The van der Waals surface area contributed by atoms with Crippen LogP contribution in [-0.2, 0) is 0 Å². The minimum absolute atomic E-state index is 0.183. The molecule has 2 aromatic rings. The third-order valence-electron chi connectivity index (χ3n) is 1.36. The molecule has 4 heteroatoms. The maximum Gasteiger partial charge on any atom is 0.259 e. The fourth-order valence-electron chi connectivity index (χ4n) is 0.861. The van der Waals surface area contributed by atoms with Crippen LogP contribution >= 0.6 is 0 Å². The molecule has 11 heavy (non-hydrogen) atoms. The molecule has 0 spiro atoms. The van der Waals surface area contributed by atoms with E-state index in [0.29, 0.717) is 10.9 Å². The van der Waals surface area contributed by atoms with Crippen LogP contribution in [0.15, 0.2) is 23.5 Å². The molecule has 1 radical (unpaired) electrons. The van der Waals surface area contributed by atoms with Crippen LogP contribution in [0.1, 0.15) is 0 Å². The van der Waals surface area contributed by atoms with Crippen LogP contribution in [0.25, 0.3) is 10.9 Å². The smallest absolute Gasteiger partial charge is 0.259 e. The van der Waals surface area contributed by atoms with Gasteiger partial charge in [0.15, 0.2) is 0 Å². The van der Waals surface area contributed by atoms with Gasteiger partial charge in [0.2, 0.25) is 0 Å². The Hall–Kier alpha value is -1.71. The maximum absolute atomic E-state index is 11.0. The standard InChI is InChI=1S/C7H4N3O/c11-7-5-1-2-8-3-6(5)9-4-10-7/h2-4H,(H,9,10,11). The van der Waals surface area contributed by atoms with Crippen molar-refractivity contribution in [2.45, 2.75) is 0 Å². The number of H-pyrrole nitrogens is 1. The summed E-state index contributed by atoms with van der Waals surface area (Å²) in [5.74, 6) is 0. The quantitative estimate of drug-likeness (QED) is 0.574. The molecule has 2 heterocycles. The highest BCUT2D eigenvalue weighted by Gasteiger charge is 1.95. The van der Waals surface area contributed by atoms with Gasteiger partial charge in [0.1, 0.15) is 0 Å². The lowest BCUT2D eigenvalue weighted by Gasteiger charge is -1.90. The second kappa shape index (κ2) is 2.16. The van der Waals surface area contributed by atoms with E-state index in [-0.39, 0.29) is 5.56 Å². The van der Waals surface area contributed by atoms with Gasteiger partial charge in [-0.2, -0.15) is 0 Å². The average Bonchev–Trinajstić information content (AvgIpc) is 2.06. The summed E-state index contributed by atoms with van der Waals surface area (Å²) in [6.45, 7) is 0. The molecule has 2 aromatic heterocycles. The van der Waals surface area contributed by atoms with Gasteiger partial charge < -0.3 is 4.98 Å². The van der Waals surface area contributed by atoms with Crippen molar-refractivity contribution in [2.75, 3.05) is 0 Å². The molecule has 4 nitrogen and oxygen atoms in total. The third kappa shape index (κ3) is 0.881. The van der Waals surface area contributed by atoms with E-state index >= 15 is 0 Å². The molecule has 0 saturated heterocycles. The number of aromatic nitrogens is 3. The molecule has 0 aliphatic carbocycles. The van der Waals surface area contributed by atoms with Crippen LogP contribution in [-0.4, -0.2) is 15.0 Å². The van der Waals surface area contributed by atoms with Crippen LogP contribution in [0.2, 0.25) is 0 Å². The second-order valence-corrected chi connectivity index (χ2v) is 2.04. The van der Waals surface area contributed by atoms with Gasteiger partial charge in [-0.05, 0) is 0 Å². The van der Waals surface area contributed by atoms with Crippen LogP contribution in [0.3, 0.4) is 0 Å². The Labute approximate surface area is 61.9 Å². The van der Waals surface area contributed by atoms with E-state index in [4.69, 9.17) is 0 Å². The minimum Gasteiger partial charge on any atom is -0.313 e. The highest BCUT2D eigenvalue weighted by Crippen LogP contribution is 1.98. The van der Waals surface area contributed by atoms with E-state index in [2.05, 4.69) is 21.0 Å². The first-order valence-corrected chi connectivity index (χ1v) is 3.07. The normalized spacial score (nSPS) is 10.2. The molecule has 0 fully saturated rings. The third-order valence-corrected chi connectivity index (χ3v) is 1.36. The van der Waals surface area contributed by atoms with Crippen molar-refractivity contribution in [1.29, 1.82) is 0 Å². The molecule has 1 N–H and O–H groups in total. The van der Waals surface area contributed by atoms with Crippen molar-refractivity contribution in [3.05, 3.63) is 35.1 Å². The van der Waals surface area contributed by atoms with Crippen LogP contribution in [0.4, 0.5) is 0 Å². The van der Waals surface area contributed by atoms with Crippen LogP contribution in [0, 0.1) is 6.07 Å². The zero-order valence-electron chi connectivity index (χ0n) is 5.53. The predicted octanol–water partition coefficient (Wildman–Crippen LogP) is 0.118. The predicted molar refractivity (Wildman–Crippen MR) is 39.0 cm³/mol. The molecule has 0 saturated carbocycles. The van der Waals surface area contributed by atoms with Gasteiger partial charge in [-0.3, -0.25) is 9.78 Å². The van der Waals surface area contributed by atoms with Gasteiger partial charge in [0.25, 0.3) is 5.56 Å². The van der Waals surface area contributed by atoms with E-state index < -0.39 is 0 Å². The Kier molecular flexibility index (Phi) is 1.18. The Bertz CT molecular complexity index is 429. The fourth-order valence-corrected chi connectivity index (χ4v) is 0.861. The molecule has 2 rings (SSSR count). The molecule has 53 valence electrons. The zero-order chi connectivity index (χ0) is 7.68. The highest BCUT2D eigenvalue weighted by molar-refractivity contribution is 5.74. The minimum atomic E-state index is -0.183. The monoisotopic (exact) mass is 146 g/mol. The lowest BCUT2D eigenvalue weighted by atomic mass is 10.3. The Balaban J connectivity index is 3.03. The summed E-state index contributed by atoms with van der Waals surface area (Å²) in [5, 5.41) is 0.447. The summed E-state index contributed by atoms with van der Waals surface area (Å²) in [7, 11) is 0. The number of hydrogen-bond acceptors (Lipinski definition) is 3. The van der Waals surface area contributed by atoms with Crippen molar-refractivity contribution in [3.63, 3.8) is 0 Å². The first-order chi connectivity index (χ1) is 5.38. The van der Waals surface area contributed by atoms with Crippen molar-refractivity contribution in [1.82, 2.24) is 15.0 Å². The lowest BCUT2D eigenvalue weighted by molar-refractivity contribution is 1.16. The summed E-state index contributed by atoms with van der Waals surface area (Å²) in [6.07, 6.45) is 4.32. The van der Waals surface area contributed by atoms with E-state index in [0.717, 1.165) is 0 Å². The van der Waals surface area contributed by atoms with Gasteiger partial charge in [-0.1, -0.05) is 0 Å². The number of aromatic amines is 1. The molecule has 0 aliphatic rings. The summed E-state index contributed by atoms with van der Waals surface area (Å²) < 4.78 is 0. The molecule has 0 unspecified atom stereocenters. The number of nitrogens with one attached hydrogen (secondary N) is 1. The van der Waals surface area contributed by atoms with Gasteiger partial charge >= 0.3 is 0 Å². The average molecular weight is 146 g/mol. The molecule has 0 atom stereocenters. The highest BCUT2D eigenvalue weighted by atomic mass is 16.1.